The zero-order chi connectivity index (χ0) is 13.7. The van der Waals surface area contributed by atoms with Gasteiger partial charge in [-0.2, -0.15) is 5.10 Å². The average molecular weight is 277 g/mol. The quantitative estimate of drug-likeness (QED) is 0.882. The van der Waals surface area contributed by atoms with Crippen LogP contribution < -0.4 is 5.32 Å². The van der Waals surface area contributed by atoms with Crippen molar-refractivity contribution in [3.8, 4) is 0 Å². The van der Waals surface area contributed by atoms with Crippen LogP contribution in [0, 0.1) is 6.92 Å². The molecule has 1 atom stereocenters. The van der Waals surface area contributed by atoms with E-state index in [1.807, 2.05) is 23.9 Å². The summed E-state index contributed by atoms with van der Waals surface area (Å²) in [6.45, 7) is 4.80. The zero-order valence-electron chi connectivity index (χ0n) is 11.3. The lowest BCUT2D eigenvalue weighted by Crippen LogP contribution is -2.27. The number of thiophene rings is 1. The second-order valence-corrected chi connectivity index (χ2v) is 5.67. The van der Waals surface area contributed by atoms with Gasteiger partial charge in [-0.15, -0.1) is 11.3 Å². The van der Waals surface area contributed by atoms with Crippen molar-refractivity contribution in [2.75, 3.05) is 6.54 Å². The molecule has 2 heterocycles. The summed E-state index contributed by atoms with van der Waals surface area (Å²) in [6, 6.07) is 4.08. The summed E-state index contributed by atoms with van der Waals surface area (Å²) in [5, 5.41) is 9.20. The van der Waals surface area contributed by atoms with E-state index in [-0.39, 0.29) is 11.9 Å². The van der Waals surface area contributed by atoms with Crippen molar-refractivity contribution < 1.29 is 4.79 Å². The van der Waals surface area contributed by atoms with Crippen LogP contribution in [-0.4, -0.2) is 22.2 Å². The Hall–Kier alpha value is -1.62. The second kappa shape index (κ2) is 6.52. The fourth-order valence-electron chi connectivity index (χ4n) is 1.95. The molecule has 0 aromatic carbocycles. The van der Waals surface area contributed by atoms with Crippen LogP contribution in [0.3, 0.4) is 0 Å². The maximum absolute atomic E-state index is 11.8. The molecule has 0 aliphatic carbocycles. The summed E-state index contributed by atoms with van der Waals surface area (Å²) in [6.07, 6.45) is 4.98. The van der Waals surface area contributed by atoms with Crippen molar-refractivity contribution in [3.63, 3.8) is 0 Å². The Balaban J connectivity index is 1.72. The predicted octanol–water partition coefficient (Wildman–Crippen LogP) is 2.56. The van der Waals surface area contributed by atoms with Gasteiger partial charge in [-0.3, -0.25) is 9.48 Å². The summed E-state index contributed by atoms with van der Waals surface area (Å²) >= 11 is 1.75. The molecule has 0 fully saturated rings. The highest BCUT2D eigenvalue weighted by Crippen LogP contribution is 2.15. The fourth-order valence-corrected chi connectivity index (χ4v) is 2.86. The van der Waals surface area contributed by atoms with Gasteiger partial charge in [0.2, 0.25) is 5.91 Å². The first-order valence-electron chi connectivity index (χ1n) is 6.45. The molecule has 4 nitrogen and oxygen atoms in total. The molecule has 1 N–H and O–H groups in total. The Morgan fingerprint density at radius 2 is 2.42 bits per heavy atom. The minimum Gasteiger partial charge on any atom is -0.356 e. The summed E-state index contributed by atoms with van der Waals surface area (Å²) in [5.41, 5.74) is 1.31. The van der Waals surface area contributed by atoms with Gasteiger partial charge in [0.15, 0.2) is 0 Å². The SMILES string of the molecule is Cc1ccsc1CCNC(=O)CC(C)n1cccn1. The number of nitrogens with zero attached hydrogens (tertiary/aromatic N) is 2. The Morgan fingerprint density at radius 1 is 1.58 bits per heavy atom. The summed E-state index contributed by atoms with van der Waals surface area (Å²) in [4.78, 5) is 13.2. The van der Waals surface area contributed by atoms with E-state index in [9.17, 15) is 4.79 Å². The van der Waals surface area contributed by atoms with Gasteiger partial charge in [0.25, 0.3) is 0 Å². The minimum absolute atomic E-state index is 0.0807. The average Bonchev–Trinajstić information content (AvgIpc) is 3.01. The monoisotopic (exact) mass is 277 g/mol. The molecule has 2 rings (SSSR count). The normalized spacial score (nSPS) is 12.3. The van der Waals surface area contributed by atoms with E-state index in [0.717, 1.165) is 6.42 Å². The van der Waals surface area contributed by atoms with E-state index in [0.29, 0.717) is 13.0 Å². The molecule has 0 saturated carbocycles. The van der Waals surface area contributed by atoms with Crippen LogP contribution in [0.25, 0.3) is 0 Å². The first-order valence-corrected chi connectivity index (χ1v) is 7.33. The predicted molar refractivity (Wildman–Crippen MR) is 77.3 cm³/mol. The number of hydrogen-bond donors (Lipinski definition) is 1. The smallest absolute Gasteiger partial charge is 0.222 e. The Labute approximate surface area is 117 Å². The van der Waals surface area contributed by atoms with Gasteiger partial charge in [0.05, 0.1) is 6.04 Å². The standard InChI is InChI=1S/C14H19N3OS/c1-11-5-9-19-13(11)4-7-15-14(18)10-12(2)17-8-3-6-16-17/h3,5-6,8-9,12H,4,7,10H2,1-2H3,(H,15,18). The van der Waals surface area contributed by atoms with Gasteiger partial charge in [-0.05, 0) is 43.3 Å². The fraction of sp³-hybridized carbons (Fsp3) is 0.429. The third-order valence-electron chi connectivity index (χ3n) is 3.10. The second-order valence-electron chi connectivity index (χ2n) is 4.67. The summed E-state index contributed by atoms with van der Waals surface area (Å²) in [7, 11) is 0. The van der Waals surface area contributed by atoms with E-state index in [4.69, 9.17) is 0 Å². The van der Waals surface area contributed by atoms with Crippen LogP contribution >= 0.6 is 11.3 Å². The van der Waals surface area contributed by atoms with Crippen molar-refractivity contribution in [3.05, 3.63) is 40.3 Å². The summed E-state index contributed by atoms with van der Waals surface area (Å²) in [5.74, 6) is 0.0807. The Morgan fingerprint density at radius 3 is 3.05 bits per heavy atom. The van der Waals surface area contributed by atoms with Crippen molar-refractivity contribution in [2.45, 2.75) is 32.7 Å². The maximum Gasteiger partial charge on any atom is 0.222 e. The molecule has 1 amide bonds. The van der Waals surface area contributed by atoms with Crippen LogP contribution in [0.2, 0.25) is 0 Å². The number of amides is 1. The molecule has 102 valence electrons. The number of aromatic nitrogens is 2. The summed E-state index contributed by atoms with van der Waals surface area (Å²) < 4.78 is 1.81. The third-order valence-corrected chi connectivity index (χ3v) is 4.18. The highest BCUT2D eigenvalue weighted by Gasteiger charge is 2.10. The molecule has 2 aromatic heterocycles. The van der Waals surface area contributed by atoms with Gasteiger partial charge in [0.1, 0.15) is 0 Å². The highest BCUT2D eigenvalue weighted by atomic mass is 32.1. The largest absolute Gasteiger partial charge is 0.356 e. The van der Waals surface area contributed by atoms with E-state index in [2.05, 4.69) is 28.8 Å². The van der Waals surface area contributed by atoms with E-state index >= 15 is 0 Å². The molecule has 0 aliphatic rings. The molecule has 5 heteroatoms. The zero-order valence-corrected chi connectivity index (χ0v) is 12.1. The first kappa shape index (κ1) is 13.8. The van der Waals surface area contributed by atoms with E-state index < -0.39 is 0 Å². The molecule has 0 aliphatic heterocycles. The van der Waals surface area contributed by atoms with Gasteiger partial charge >= 0.3 is 0 Å². The van der Waals surface area contributed by atoms with Crippen LogP contribution in [0.4, 0.5) is 0 Å². The lowest BCUT2D eigenvalue weighted by atomic mass is 10.2. The van der Waals surface area contributed by atoms with Gasteiger partial charge in [-0.25, -0.2) is 0 Å². The molecule has 0 spiro atoms. The van der Waals surface area contributed by atoms with E-state index in [1.165, 1.54) is 10.4 Å². The molecular formula is C14H19N3OS. The Bertz CT molecular complexity index is 519. The lowest BCUT2D eigenvalue weighted by molar-refractivity contribution is -0.121. The molecule has 0 bridgehead atoms. The molecule has 1 unspecified atom stereocenters. The number of hydrogen-bond acceptors (Lipinski definition) is 3. The van der Waals surface area contributed by atoms with E-state index in [1.54, 1.807) is 17.5 Å². The number of carbonyl (C=O) groups is 1. The van der Waals surface area contributed by atoms with Gasteiger partial charge < -0.3 is 5.32 Å². The minimum atomic E-state index is 0.0807. The molecule has 0 radical (unpaired) electrons. The van der Waals surface area contributed by atoms with Crippen LogP contribution in [0.1, 0.15) is 29.8 Å². The number of carbonyl (C=O) groups excluding carboxylic acids is 1. The third kappa shape index (κ3) is 3.92. The molecule has 0 saturated heterocycles. The van der Waals surface area contributed by atoms with Gasteiger partial charge in [0, 0.05) is 30.2 Å². The highest BCUT2D eigenvalue weighted by molar-refractivity contribution is 7.10. The molecule has 2 aromatic rings. The van der Waals surface area contributed by atoms with Gasteiger partial charge in [-0.1, -0.05) is 0 Å². The van der Waals surface area contributed by atoms with Crippen molar-refractivity contribution in [2.24, 2.45) is 0 Å². The first-order chi connectivity index (χ1) is 9.16. The molecule has 19 heavy (non-hydrogen) atoms. The molecular weight excluding hydrogens is 258 g/mol. The lowest BCUT2D eigenvalue weighted by Gasteiger charge is -2.12. The van der Waals surface area contributed by atoms with Crippen LogP contribution in [0.5, 0.6) is 0 Å². The van der Waals surface area contributed by atoms with Crippen molar-refractivity contribution >= 4 is 17.2 Å². The topological polar surface area (TPSA) is 46.9 Å². The van der Waals surface area contributed by atoms with Crippen LogP contribution in [-0.2, 0) is 11.2 Å². The number of nitrogens with one attached hydrogen (secondary N) is 1. The van der Waals surface area contributed by atoms with Crippen molar-refractivity contribution in [1.29, 1.82) is 0 Å². The maximum atomic E-state index is 11.8. The number of rotatable bonds is 6. The van der Waals surface area contributed by atoms with Crippen molar-refractivity contribution in [1.82, 2.24) is 15.1 Å². The van der Waals surface area contributed by atoms with Crippen LogP contribution in [0.15, 0.2) is 29.9 Å². The Kier molecular flexibility index (Phi) is 4.74. The number of aryl methyl sites for hydroxylation is 1.